The maximum atomic E-state index is 12.6. The van der Waals surface area contributed by atoms with E-state index < -0.39 is 30.7 Å². The van der Waals surface area contributed by atoms with E-state index in [-0.39, 0.29) is 12.1 Å². The molecule has 1 atom stereocenters. The van der Waals surface area contributed by atoms with Gasteiger partial charge in [-0.25, -0.2) is 0 Å². The number of likely N-dealkylation sites (tertiary alicyclic amines) is 1. The molecule has 0 bridgehead atoms. The summed E-state index contributed by atoms with van der Waals surface area (Å²) in [5, 5.41) is 9.83. The minimum atomic E-state index is -4.74. The first-order valence-corrected chi connectivity index (χ1v) is 5.95. The van der Waals surface area contributed by atoms with E-state index in [0.717, 1.165) is 4.90 Å². The second-order valence-electron chi connectivity index (χ2n) is 4.52. The Bertz CT molecular complexity index is 506. The first kappa shape index (κ1) is 14.1. The normalized spacial score (nSPS) is 23.7. The van der Waals surface area contributed by atoms with Crippen molar-refractivity contribution in [2.24, 2.45) is 0 Å². The third-order valence-electron chi connectivity index (χ3n) is 3.13. The minimum Gasteiger partial charge on any atom is -0.379 e. The van der Waals surface area contributed by atoms with E-state index in [4.69, 9.17) is 11.6 Å². The Balaban J connectivity index is 2.16. The molecule has 3 nitrogen and oxygen atoms in total. The highest BCUT2D eigenvalue weighted by Gasteiger charge is 2.57. The molecule has 0 saturated carbocycles. The smallest absolute Gasteiger partial charge is 0.379 e. The molecule has 1 fully saturated rings. The van der Waals surface area contributed by atoms with Crippen LogP contribution in [0.4, 0.5) is 13.2 Å². The molecule has 1 amide bonds. The van der Waals surface area contributed by atoms with Crippen LogP contribution in [0.1, 0.15) is 16.8 Å². The molecule has 7 heteroatoms. The van der Waals surface area contributed by atoms with Crippen LogP contribution in [0.25, 0.3) is 0 Å². The molecular weight excluding hydrogens is 283 g/mol. The Hall–Kier alpha value is -1.27. The molecule has 1 heterocycles. The molecule has 1 unspecified atom stereocenters. The molecule has 0 spiro atoms. The van der Waals surface area contributed by atoms with Crippen molar-refractivity contribution in [3.63, 3.8) is 0 Å². The molecule has 0 radical (unpaired) electrons. The number of carbonyl (C=O) groups is 1. The van der Waals surface area contributed by atoms with Gasteiger partial charge in [0, 0.05) is 23.6 Å². The van der Waals surface area contributed by atoms with Gasteiger partial charge in [-0.2, -0.15) is 13.2 Å². The molecular formula is C12H11ClF3NO2. The Labute approximate surface area is 112 Å². The molecule has 0 aliphatic carbocycles. The largest absolute Gasteiger partial charge is 0.419 e. The first-order chi connectivity index (χ1) is 8.73. The maximum absolute atomic E-state index is 12.6. The van der Waals surface area contributed by atoms with Crippen molar-refractivity contribution in [2.75, 3.05) is 13.1 Å². The predicted molar refractivity (Wildman–Crippen MR) is 63.0 cm³/mol. The Morgan fingerprint density at radius 2 is 2.11 bits per heavy atom. The number of aliphatic hydroxyl groups is 1. The highest BCUT2D eigenvalue weighted by molar-refractivity contribution is 6.30. The molecule has 0 aromatic heterocycles. The summed E-state index contributed by atoms with van der Waals surface area (Å²) in [5.74, 6) is -0.567. The van der Waals surface area contributed by atoms with Gasteiger partial charge in [0.05, 0.1) is 6.54 Å². The van der Waals surface area contributed by atoms with Crippen molar-refractivity contribution in [1.29, 1.82) is 0 Å². The summed E-state index contributed by atoms with van der Waals surface area (Å²) in [5.41, 5.74) is -2.61. The fraction of sp³-hybridized carbons (Fsp3) is 0.417. The van der Waals surface area contributed by atoms with Crippen LogP contribution in [0.2, 0.25) is 5.02 Å². The van der Waals surface area contributed by atoms with E-state index in [9.17, 15) is 23.1 Å². The Morgan fingerprint density at radius 1 is 1.42 bits per heavy atom. The van der Waals surface area contributed by atoms with Gasteiger partial charge in [0.15, 0.2) is 5.60 Å². The van der Waals surface area contributed by atoms with Crippen LogP contribution in [-0.4, -0.2) is 40.8 Å². The summed E-state index contributed by atoms with van der Waals surface area (Å²) in [6.45, 7) is -0.886. The molecule has 1 saturated heterocycles. The van der Waals surface area contributed by atoms with E-state index in [1.54, 1.807) is 12.1 Å². The molecule has 1 aliphatic heterocycles. The topological polar surface area (TPSA) is 40.5 Å². The lowest BCUT2D eigenvalue weighted by Crippen LogP contribution is -2.48. The van der Waals surface area contributed by atoms with Crippen LogP contribution in [0.5, 0.6) is 0 Å². The van der Waals surface area contributed by atoms with Crippen molar-refractivity contribution < 1.29 is 23.1 Å². The van der Waals surface area contributed by atoms with E-state index in [0.29, 0.717) is 5.02 Å². The zero-order valence-electron chi connectivity index (χ0n) is 9.75. The summed E-state index contributed by atoms with van der Waals surface area (Å²) in [4.78, 5) is 13.0. The summed E-state index contributed by atoms with van der Waals surface area (Å²) in [7, 11) is 0. The van der Waals surface area contributed by atoms with Crippen molar-refractivity contribution in [1.82, 2.24) is 4.90 Å². The van der Waals surface area contributed by atoms with Gasteiger partial charge in [-0.3, -0.25) is 4.79 Å². The number of hydrogen-bond acceptors (Lipinski definition) is 2. The van der Waals surface area contributed by atoms with Crippen molar-refractivity contribution in [2.45, 2.75) is 18.2 Å². The third kappa shape index (κ3) is 2.69. The lowest BCUT2D eigenvalue weighted by molar-refractivity contribution is -0.253. The van der Waals surface area contributed by atoms with E-state index >= 15 is 0 Å². The third-order valence-corrected chi connectivity index (χ3v) is 3.37. The lowest BCUT2D eigenvalue weighted by Gasteiger charge is -2.25. The average Bonchev–Trinajstić information content (AvgIpc) is 2.72. The molecule has 1 N–H and O–H groups in total. The number of amides is 1. The fourth-order valence-electron chi connectivity index (χ4n) is 2.00. The molecule has 19 heavy (non-hydrogen) atoms. The number of hydrogen-bond donors (Lipinski definition) is 1. The zero-order valence-corrected chi connectivity index (χ0v) is 10.5. The van der Waals surface area contributed by atoms with E-state index in [1.807, 2.05) is 0 Å². The number of β-amino-alcohol motifs (C(OH)–C–C–N with tert-alkyl or cyclic N) is 1. The second kappa shape index (κ2) is 4.68. The van der Waals surface area contributed by atoms with Gasteiger partial charge in [-0.05, 0) is 18.2 Å². The maximum Gasteiger partial charge on any atom is 0.419 e. The fourth-order valence-corrected chi connectivity index (χ4v) is 2.19. The van der Waals surface area contributed by atoms with Crippen molar-refractivity contribution in [3.05, 3.63) is 34.9 Å². The molecule has 1 aromatic rings. The number of rotatable bonds is 1. The van der Waals surface area contributed by atoms with Gasteiger partial charge in [-0.15, -0.1) is 0 Å². The Morgan fingerprint density at radius 3 is 2.63 bits per heavy atom. The van der Waals surface area contributed by atoms with Crippen molar-refractivity contribution in [3.8, 4) is 0 Å². The lowest BCUT2D eigenvalue weighted by atomic mass is 10.0. The number of benzene rings is 1. The molecule has 2 rings (SSSR count). The minimum absolute atomic E-state index is 0.138. The van der Waals surface area contributed by atoms with Crippen LogP contribution in [0.3, 0.4) is 0 Å². The SMILES string of the molecule is O=C(c1cccc(Cl)c1)N1CCC(O)(C(F)(F)F)C1. The summed E-state index contributed by atoms with van der Waals surface area (Å²) >= 11 is 5.72. The van der Waals surface area contributed by atoms with Crippen molar-refractivity contribution >= 4 is 17.5 Å². The standard InChI is InChI=1S/C12H11ClF3NO2/c13-9-3-1-2-8(6-9)10(18)17-5-4-11(19,7-17)12(14,15)16/h1-3,6,19H,4-5,7H2. The van der Waals surface area contributed by atoms with E-state index in [2.05, 4.69) is 0 Å². The van der Waals surface area contributed by atoms with Gasteiger partial charge < -0.3 is 10.0 Å². The van der Waals surface area contributed by atoms with Gasteiger partial charge in [0.25, 0.3) is 5.91 Å². The number of halogens is 4. The molecule has 1 aliphatic rings. The van der Waals surface area contributed by atoms with Crippen LogP contribution in [-0.2, 0) is 0 Å². The molecule has 104 valence electrons. The monoisotopic (exact) mass is 293 g/mol. The number of nitrogens with zero attached hydrogens (tertiary/aromatic N) is 1. The summed E-state index contributed by atoms with van der Waals surface area (Å²) in [6.07, 6.45) is -5.25. The van der Waals surface area contributed by atoms with Crippen LogP contribution < -0.4 is 0 Å². The van der Waals surface area contributed by atoms with Crippen LogP contribution in [0, 0.1) is 0 Å². The average molecular weight is 294 g/mol. The number of carbonyl (C=O) groups excluding carboxylic acids is 1. The summed E-state index contributed by atoms with van der Waals surface area (Å²) in [6, 6.07) is 5.96. The molecule has 1 aromatic carbocycles. The predicted octanol–water partition coefficient (Wildman–Crippen LogP) is 2.48. The Kier molecular flexibility index (Phi) is 3.49. The summed E-state index contributed by atoms with van der Waals surface area (Å²) < 4.78 is 37.9. The van der Waals surface area contributed by atoms with Crippen LogP contribution in [0.15, 0.2) is 24.3 Å². The van der Waals surface area contributed by atoms with Gasteiger partial charge in [0.1, 0.15) is 0 Å². The van der Waals surface area contributed by atoms with E-state index in [1.165, 1.54) is 12.1 Å². The quantitative estimate of drug-likeness (QED) is 0.864. The van der Waals surface area contributed by atoms with Gasteiger partial charge >= 0.3 is 6.18 Å². The zero-order chi connectivity index (χ0) is 14.3. The van der Waals surface area contributed by atoms with Crippen LogP contribution >= 0.6 is 11.6 Å². The number of alkyl halides is 3. The second-order valence-corrected chi connectivity index (χ2v) is 4.95. The first-order valence-electron chi connectivity index (χ1n) is 5.57. The van der Waals surface area contributed by atoms with Gasteiger partial charge in [-0.1, -0.05) is 17.7 Å². The van der Waals surface area contributed by atoms with Gasteiger partial charge in [0.2, 0.25) is 0 Å². The highest BCUT2D eigenvalue weighted by Crippen LogP contribution is 2.38. The highest BCUT2D eigenvalue weighted by atomic mass is 35.5.